The third-order valence-electron chi connectivity index (χ3n) is 8.25. The van der Waals surface area contributed by atoms with Gasteiger partial charge in [-0.15, -0.1) is 0 Å². The predicted octanol–water partition coefficient (Wildman–Crippen LogP) is 7.57. The van der Waals surface area contributed by atoms with Gasteiger partial charge in [0.05, 0.1) is 16.4 Å². The summed E-state index contributed by atoms with van der Waals surface area (Å²) >= 11 is 1.45. The van der Waals surface area contributed by atoms with Crippen molar-refractivity contribution in [1.82, 2.24) is 19.7 Å². The molecule has 9 nitrogen and oxygen atoms in total. The van der Waals surface area contributed by atoms with Gasteiger partial charge in [0.25, 0.3) is 5.91 Å². The van der Waals surface area contributed by atoms with Crippen LogP contribution < -0.4 is 10.2 Å². The molecule has 1 N–H and O–H groups in total. The molecule has 0 unspecified atom stereocenters. The maximum atomic E-state index is 13.6. The lowest BCUT2D eigenvalue weighted by Crippen LogP contribution is -2.33. The number of amides is 1. The number of carbonyl (C=O) groups excluding carboxylic acids is 2. The van der Waals surface area contributed by atoms with Crippen LogP contribution in [0.3, 0.4) is 0 Å². The van der Waals surface area contributed by atoms with Crippen molar-refractivity contribution >= 4 is 44.4 Å². The Balaban J connectivity index is 1.15. The van der Waals surface area contributed by atoms with Crippen molar-refractivity contribution < 1.29 is 14.3 Å². The van der Waals surface area contributed by atoms with E-state index in [1.807, 2.05) is 98.4 Å². The lowest BCUT2D eigenvalue weighted by molar-refractivity contribution is 0.00638. The van der Waals surface area contributed by atoms with Crippen LogP contribution >= 0.6 is 11.3 Å². The van der Waals surface area contributed by atoms with Gasteiger partial charge in [0.15, 0.2) is 10.8 Å². The van der Waals surface area contributed by atoms with E-state index in [1.165, 1.54) is 16.9 Å². The minimum Gasteiger partial charge on any atom is -0.455 e. The number of para-hydroxylation sites is 1. The van der Waals surface area contributed by atoms with Crippen LogP contribution in [-0.2, 0) is 30.7 Å². The Morgan fingerprint density at radius 3 is 2.56 bits per heavy atom. The molecule has 10 heteroatoms. The van der Waals surface area contributed by atoms with E-state index in [0.29, 0.717) is 41.7 Å². The molecule has 0 radical (unpaired) electrons. The number of hydrogen-bond acceptors (Lipinski definition) is 8. The average Bonchev–Trinajstić information content (AvgIpc) is 3.73. The van der Waals surface area contributed by atoms with Crippen molar-refractivity contribution in [3.63, 3.8) is 0 Å². The molecular formula is C38H36N6O3S. The van der Waals surface area contributed by atoms with Crippen LogP contribution in [0.4, 0.5) is 10.9 Å². The first-order chi connectivity index (χ1) is 23.2. The molecule has 48 heavy (non-hydrogen) atoms. The highest BCUT2D eigenvalue weighted by Crippen LogP contribution is 2.32. The van der Waals surface area contributed by atoms with Crippen molar-refractivity contribution in [2.75, 3.05) is 16.8 Å². The van der Waals surface area contributed by atoms with E-state index in [4.69, 9.17) is 9.72 Å². The maximum absolute atomic E-state index is 13.6. The summed E-state index contributed by atoms with van der Waals surface area (Å²) in [6, 6.07) is 27.8. The van der Waals surface area contributed by atoms with Crippen LogP contribution in [0.15, 0.2) is 97.3 Å². The summed E-state index contributed by atoms with van der Waals surface area (Å²) in [5.74, 6) is -0.0532. The van der Waals surface area contributed by atoms with Gasteiger partial charge in [-0.1, -0.05) is 65.9 Å². The Morgan fingerprint density at radius 2 is 1.75 bits per heavy atom. The summed E-state index contributed by atoms with van der Waals surface area (Å²) < 4.78 is 8.72. The molecule has 1 amide bonds. The van der Waals surface area contributed by atoms with Crippen molar-refractivity contribution in [3.8, 4) is 11.1 Å². The Kier molecular flexibility index (Phi) is 8.49. The molecule has 3 aromatic carbocycles. The second-order valence-electron chi connectivity index (χ2n) is 12.9. The zero-order valence-electron chi connectivity index (χ0n) is 27.1. The fraction of sp³-hybridized carbons (Fsp3) is 0.237. The largest absolute Gasteiger partial charge is 0.455 e. The number of fused-ring (bicyclic) bond motifs is 2. The number of ether oxygens (including phenoxy) is 1. The highest BCUT2D eigenvalue weighted by molar-refractivity contribution is 7.22. The Hall–Kier alpha value is -5.35. The van der Waals surface area contributed by atoms with Gasteiger partial charge in [-0.2, -0.15) is 5.10 Å². The zero-order valence-corrected chi connectivity index (χ0v) is 28.0. The number of thiazole rings is 1. The molecule has 1 aliphatic heterocycles. The van der Waals surface area contributed by atoms with Crippen LogP contribution in [0, 0.1) is 0 Å². The number of nitrogens with one attached hydrogen (secondary N) is 1. The molecule has 0 saturated carbocycles. The van der Waals surface area contributed by atoms with E-state index >= 15 is 0 Å². The fourth-order valence-corrected chi connectivity index (χ4v) is 6.79. The van der Waals surface area contributed by atoms with Crippen molar-refractivity contribution in [2.24, 2.45) is 0 Å². The summed E-state index contributed by atoms with van der Waals surface area (Å²) in [5, 5.41) is 8.15. The molecule has 0 bridgehead atoms. The molecule has 242 valence electrons. The van der Waals surface area contributed by atoms with Gasteiger partial charge in [0.2, 0.25) is 0 Å². The Bertz CT molecular complexity index is 2080. The summed E-state index contributed by atoms with van der Waals surface area (Å²) in [4.78, 5) is 38.8. The lowest BCUT2D eigenvalue weighted by Gasteiger charge is -2.31. The van der Waals surface area contributed by atoms with Crippen LogP contribution in [0.2, 0.25) is 0 Å². The van der Waals surface area contributed by atoms with Gasteiger partial charge in [-0.05, 0) is 80.6 Å². The molecule has 6 aromatic rings. The van der Waals surface area contributed by atoms with E-state index < -0.39 is 11.6 Å². The van der Waals surface area contributed by atoms with E-state index in [0.717, 1.165) is 39.7 Å². The first-order valence-electron chi connectivity index (χ1n) is 16.0. The molecule has 4 heterocycles. The molecule has 0 saturated heterocycles. The normalized spacial score (nSPS) is 12.9. The van der Waals surface area contributed by atoms with Gasteiger partial charge in [0.1, 0.15) is 11.4 Å². The third kappa shape index (κ3) is 6.84. The van der Waals surface area contributed by atoms with Crippen LogP contribution in [0.5, 0.6) is 0 Å². The summed E-state index contributed by atoms with van der Waals surface area (Å²) in [5.41, 5.74) is 5.74. The zero-order chi connectivity index (χ0) is 33.3. The number of benzene rings is 3. The number of aryl methyl sites for hydroxylation is 2. The topological polar surface area (TPSA) is 102 Å². The predicted molar refractivity (Wildman–Crippen MR) is 190 cm³/mol. The average molecular weight is 657 g/mol. The van der Waals surface area contributed by atoms with Crippen LogP contribution in [0.1, 0.15) is 58.3 Å². The highest BCUT2D eigenvalue weighted by Gasteiger charge is 2.27. The monoisotopic (exact) mass is 656 g/mol. The number of carbonyl (C=O) groups is 2. The smallest absolute Gasteiger partial charge is 0.358 e. The standard InChI is InChI=1S/C38H36N6O3S/c1-38(2,3)47-36(46)34-28(27-22-39-44(23-27)21-18-25-10-5-4-6-11-25)16-17-33(41-34)43-20-19-26-12-9-13-29(30(26)24-43)35(45)42-37-40-31-14-7-8-15-32(31)48-37/h4-17,22-23H,18-21,24H2,1-3H3,(H,40,42,45). The SMILES string of the molecule is CC(C)(C)OC(=O)c1nc(N2CCc3cccc(C(=O)Nc4nc5ccccc5s4)c3C2)ccc1-c1cnn(CCc2ccccc2)c1. The second kappa shape index (κ2) is 13.0. The summed E-state index contributed by atoms with van der Waals surface area (Å²) in [7, 11) is 0. The van der Waals surface area contributed by atoms with Gasteiger partial charge < -0.3 is 9.64 Å². The molecule has 1 aliphatic rings. The molecular weight excluding hydrogens is 621 g/mol. The van der Waals surface area contributed by atoms with E-state index in [9.17, 15) is 9.59 Å². The van der Waals surface area contributed by atoms with E-state index in [2.05, 4.69) is 38.5 Å². The van der Waals surface area contributed by atoms with Gasteiger partial charge in [0, 0.05) is 42.5 Å². The van der Waals surface area contributed by atoms with Crippen LogP contribution in [0.25, 0.3) is 21.3 Å². The summed E-state index contributed by atoms with van der Waals surface area (Å²) in [6.07, 6.45) is 5.29. The van der Waals surface area contributed by atoms with Crippen molar-refractivity contribution in [1.29, 1.82) is 0 Å². The summed E-state index contributed by atoms with van der Waals surface area (Å²) in [6.45, 7) is 7.40. The van der Waals surface area contributed by atoms with Gasteiger partial charge in [-0.25, -0.2) is 14.8 Å². The number of esters is 1. The van der Waals surface area contributed by atoms with Crippen molar-refractivity contribution in [3.05, 3.63) is 125 Å². The Labute approximate surface area is 283 Å². The van der Waals surface area contributed by atoms with Gasteiger partial charge in [-0.3, -0.25) is 14.8 Å². The highest BCUT2D eigenvalue weighted by atomic mass is 32.1. The minimum atomic E-state index is -0.693. The number of anilines is 2. The fourth-order valence-electron chi connectivity index (χ4n) is 5.93. The lowest BCUT2D eigenvalue weighted by atomic mass is 9.94. The number of nitrogens with zero attached hydrogens (tertiary/aromatic N) is 5. The number of aromatic nitrogens is 4. The van der Waals surface area contributed by atoms with Gasteiger partial charge >= 0.3 is 5.97 Å². The molecule has 0 spiro atoms. The number of hydrogen-bond donors (Lipinski definition) is 1. The van der Waals surface area contributed by atoms with E-state index in [1.54, 1.807) is 6.20 Å². The molecule has 0 aliphatic carbocycles. The number of rotatable bonds is 8. The molecule has 0 atom stereocenters. The molecule has 0 fully saturated rings. The van der Waals surface area contributed by atoms with Crippen molar-refractivity contribution in [2.45, 2.75) is 52.3 Å². The van der Waals surface area contributed by atoms with Crippen LogP contribution in [-0.4, -0.2) is 43.8 Å². The maximum Gasteiger partial charge on any atom is 0.358 e. The first kappa shape index (κ1) is 31.3. The number of pyridine rings is 1. The quantitative estimate of drug-likeness (QED) is 0.169. The third-order valence-corrected chi connectivity index (χ3v) is 9.20. The molecule has 3 aromatic heterocycles. The second-order valence-corrected chi connectivity index (χ2v) is 13.9. The molecule has 7 rings (SSSR count). The van der Waals surface area contributed by atoms with E-state index in [-0.39, 0.29) is 11.6 Å². The minimum absolute atomic E-state index is 0.199. The Morgan fingerprint density at radius 1 is 0.938 bits per heavy atom. The first-order valence-corrected chi connectivity index (χ1v) is 16.9.